The van der Waals surface area contributed by atoms with Gasteiger partial charge in [-0.2, -0.15) is 0 Å². The van der Waals surface area contributed by atoms with Crippen LogP contribution in [-0.2, 0) is 14.3 Å². The summed E-state index contributed by atoms with van der Waals surface area (Å²) in [4.78, 5) is 24.9. The Kier molecular flexibility index (Phi) is 6.50. The number of ether oxygens (including phenoxy) is 1. The van der Waals surface area contributed by atoms with Crippen LogP contribution in [0.4, 0.5) is 0 Å². The van der Waals surface area contributed by atoms with Gasteiger partial charge in [0.05, 0.1) is 7.11 Å². The second-order valence-electron chi connectivity index (χ2n) is 4.53. The van der Waals surface area contributed by atoms with Gasteiger partial charge in [0.2, 0.25) is 5.91 Å². The number of methoxy groups -OCH3 is 1. The molecule has 108 valence electrons. The van der Waals surface area contributed by atoms with E-state index in [0.717, 1.165) is 17.5 Å². The maximum atomic E-state index is 12.1. The van der Waals surface area contributed by atoms with E-state index in [2.05, 4.69) is 4.74 Å². The molecule has 0 N–H and O–H groups in total. The summed E-state index contributed by atoms with van der Waals surface area (Å²) in [6, 6.07) is 7.82. The van der Waals surface area contributed by atoms with Gasteiger partial charge < -0.3 is 9.64 Å². The van der Waals surface area contributed by atoms with E-state index in [1.54, 1.807) is 6.08 Å². The molecule has 0 fully saturated rings. The van der Waals surface area contributed by atoms with Crippen molar-refractivity contribution >= 4 is 18.0 Å². The lowest BCUT2D eigenvalue weighted by atomic mass is 10.1. The topological polar surface area (TPSA) is 46.6 Å². The van der Waals surface area contributed by atoms with Crippen molar-refractivity contribution in [3.63, 3.8) is 0 Å². The van der Waals surface area contributed by atoms with Gasteiger partial charge in [-0.1, -0.05) is 31.2 Å². The van der Waals surface area contributed by atoms with Crippen LogP contribution in [0.5, 0.6) is 0 Å². The molecule has 4 nitrogen and oxygen atoms in total. The molecule has 1 aromatic carbocycles. The number of benzene rings is 1. The summed E-state index contributed by atoms with van der Waals surface area (Å²) in [5.74, 6) is -0.586. The van der Waals surface area contributed by atoms with E-state index in [1.165, 1.54) is 18.1 Å². The fraction of sp³-hybridized carbons (Fsp3) is 0.375. The number of aryl methyl sites for hydroxylation is 1. The molecule has 0 atom stereocenters. The lowest BCUT2D eigenvalue weighted by Gasteiger charge is -2.18. The molecule has 1 aromatic rings. The van der Waals surface area contributed by atoms with Gasteiger partial charge in [-0.15, -0.1) is 0 Å². The number of nitrogens with zero attached hydrogens (tertiary/aromatic N) is 1. The molecule has 20 heavy (non-hydrogen) atoms. The molecule has 0 saturated carbocycles. The summed E-state index contributed by atoms with van der Waals surface area (Å²) in [5.41, 5.74) is 2.10. The fourth-order valence-corrected chi connectivity index (χ4v) is 1.80. The van der Waals surface area contributed by atoms with E-state index < -0.39 is 5.97 Å². The third kappa shape index (κ3) is 4.88. The Bertz CT molecular complexity index is 494. The molecule has 0 spiro atoms. The normalized spacial score (nSPS) is 10.6. The maximum absolute atomic E-state index is 12.1. The predicted octanol–water partition coefficient (Wildman–Crippen LogP) is 2.42. The van der Waals surface area contributed by atoms with E-state index in [1.807, 2.05) is 38.1 Å². The highest BCUT2D eigenvalue weighted by atomic mass is 16.5. The van der Waals surface area contributed by atoms with Crippen molar-refractivity contribution in [3.8, 4) is 0 Å². The zero-order chi connectivity index (χ0) is 15.0. The summed E-state index contributed by atoms with van der Waals surface area (Å²) in [6.07, 6.45) is 4.07. The third-order valence-electron chi connectivity index (χ3n) is 2.95. The van der Waals surface area contributed by atoms with Crippen molar-refractivity contribution in [1.29, 1.82) is 0 Å². The zero-order valence-electron chi connectivity index (χ0n) is 12.3. The van der Waals surface area contributed by atoms with Crippen LogP contribution in [0.25, 0.3) is 6.08 Å². The van der Waals surface area contributed by atoms with Crippen molar-refractivity contribution in [1.82, 2.24) is 4.90 Å². The second kappa shape index (κ2) is 8.15. The number of hydrogen-bond acceptors (Lipinski definition) is 3. The standard InChI is InChI=1S/C16H21NO3/c1-4-11-17(12-16(19)20-3)15(18)10-9-14-8-6-5-7-13(14)2/h5-10H,4,11-12H2,1-3H3. The van der Waals surface area contributed by atoms with Gasteiger partial charge in [-0.25, -0.2) is 0 Å². The number of hydrogen-bond donors (Lipinski definition) is 0. The van der Waals surface area contributed by atoms with Crippen molar-refractivity contribution in [2.75, 3.05) is 20.2 Å². The summed E-state index contributed by atoms with van der Waals surface area (Å²) in [7, 11) is 1.32. The molecular formula is C16H21NO3. The molecule has 4 heteroatoms. The highest BCUT2D eigenvalue weighted by Crippen LogP contribution is 2.09. The molecular weight excluding hydrogens is 254 g/mol. The first kappa shape index (κ1) is 16.0. The minimum Gasteiger partial charge on any atom is -0.468 e. The van der Waals surface area contributed by atoms with Gasteiger partial charge in [0, 0.05) is 12.6 Å². The monoisotopic (exact) mass is 275 g/mol. The Balaban J connectivity index is 2.75. The first-order valence-corrected chi connectivity index (χ1v) is 6.68. The molecule has 0 bridgehead atoms. The predicted molar refractivity (Wildman–Crippen MR) is 79.1 cm³/mol. The Labute approximate surface area is 120 Å². The third-order valence-corrected chi connectivity index (χ3v) is 2.95. The van der Waals surface area contributed by atoms with Crippen molar-refractivity contribution < 1.29 is 14.3 Å². The summed E-state index contributed by atoms with van der Waals surface area (Å²) in [5, 5.41) is 0. The van der Waals surface area contributed by atoms with Gasteiger partial charge in [-0.05, 0) is 30.5 Å². The quantitative estimate of drug-likeness (QED) is 0.591. The van der Waals surface area contributed by atoms with Crippen LogP contribution < -0.4 is 0 Å². The average Bonchev–Trinajstić information content (AvgIpc) is 2.45. The van der Waals surface area contributed by atoms with Gasteiger partial charge >= 0.3 is 5.97 Å². The minimum absolute atomic E-state index is 0.0126. The van der Waals surface area contributed by atoms with Crippen LogP contribution >= 0.6 is 0 Å². The van der Waals surface area contributed by atoms with Crippen LogP contribution in [0.15, 0.2) is 30.3 Å². The first-order chi connectivity index (χ1) is 9.58. The van der Waals surface area contributed by atoms with E-state index in [0.29, 0.717) is 6.54 Å². The van der Waals surface area contributed by atoms with Crippen molar-refractivity contribution in [2.45, 2.75) is 20.3 Å². The number of rotatable bonds is 6. The fourth-order valence-electron chi connectivity index (χ4n) is 1.80. The van der Waals surface area contributed by atoms with Crippen molar-refractivity contribution in [2.24, 2.45) is 0 Å². The lowest BCUT2D eigenvalue weighted by Crippen LogP contribution is -2.35. The number of amides is 1. The Hall–Kier alpha value is -2.10. The Morgan fingerprint density at radius 2 is 2.00 bits per heavy atom. The highest BCUT2D eigenvalue weighted by molar-refractivity contribution is 5.93. The number of carbonyl (C=O) groups is 2. The largest absolute Gasteiger partial charge is 0.468 e. The van der Waals surface area contributed by atoms with E-state index >= 15 is 0 Å². The van der Waals surface area contributed by atoms with Crippen LogP contribution in [0.3, 0.4) is 0 Å². The van der Waals surface area contributed by atoms with Gasteiger partial charge in [0.1, 0.15) is 6.54 Å². The van der Waals surface area contributed by atoms with Gasteiger partial charge in [0.25, 0.3) is 0 Å². The van der Waals surface area contributed by atoms with Crippen LogP contribution in [0, 0.1) is 6.92 Å². The summed E-state index contributed by atoms with van der Waals surface area (Å²) < 4.78 is 4.60. The van der Waals surface area contributed by atoms with Crippen LogP contribution in [0.2, 0.25) is 0 Å². The average molecular weight is 275 g/mol. The van der Waals surface area contributed by atoms with Crippen molar-refractivity contribution in [3.05, 3.63) is 41.5 Å². The van der Waals surface area contributed by atoms with Gasteiger partial charge in [-0.3, -0.25) is 9.59 Å². The molecule has 0 saturated heterocycles. The SMILES string of the molecule is CCCN(CC(=O)OC)C(=O)C=Cc1ccccc1C. The molecule has 0 aliphatic rings. The molecule has 0 aromatic heterocycles. The first-order valence-electron chi connectivity index (χ1n) is 6.68. The Morgan fingerprint density at radius 1 is 1.30 bits per heavy atom. The van der Waals surface area contributed by atoms with Crippen LogP contribution in [0.1, 0.15) is 24.5 Å². The smallest absolute Gasteiger partial charge is 0.325 e. The molecule has 0 aliphatic carbocycles. The molecule has 0 aliphatic heterocycles. The molecule has 0 unspecified atom stereocenters. The Morgan fingerprint density at radius 3 is 2.60 bits per heavy atom. The van der Waals surface area contributed by atoms with E-state index in [9.17, 15) is 9.59 Å². The van der Waals surface area contributed by atoms with Gasteiger partial charge in [0.15, 0.2) is 0 Å². The second-order valence-corrected chi connectivity index (χ2v) is 4.53. The molecule has 0 radical (unpaired) electrons. The minimum atomic E-state index is -0.406. The molecule has 0 heterocycles. The van der Waals surface area contributed by atoms with E-state index in [-0.39, 0.29) is 12.5 Å². The highest BCUT2D eigenvalue weighted by Gasteiger charge is 2.14. The number of esters is 1. The van der Waals surface area contributed by atoms with E-state index in [4.69, 9.17) is 0 Å². The number of carbonyl (C=O) groups excluding carboxylic acids is 2. The molecule has 1 rings (SSSR count). The zero-order valence-corrected chi connectivity index (χ0v) is 12.3. The summed E-state index contributed by atoms with van der Waals surface area (Å²) in [6.45, 7) is 4.47. The van der Waals surface area contributed by atoms with Crippen LogP contribution in [-0.4, -0.2) is 37.0 Å². The maximum Gasteiger partial charge on any atom is 0.325 e. The lowest BCUT2D eigenvalue weighted by molar-refractivity contribution is -0.145. The molecule has 1 amide bonds. The summed E-state index contributed by atoms with van der Waals surface area (Å²) >= 11 is 0.